The Morgan fingerprint density at radius 3 is 2.81 bits per heavy atom. The number of amides is 1. The molecule has 4 atom stereocenters. The zero-order valence-corrected chi connectivity index (χ0v) is 18.2. The predicted octanol–water partition coefficient (Wildman–Crippen LogP) is 2.70. The highest BCUT2D eigenvalue weighted by atomic mass is 16.3. The van der Waals surface area contributed by atoms with Gasteiger partial charge in [-0.25, -0.2) is 4.98 Å². The lowest BCUT2D eigenvalue weighted by Crippen LogP contribution is -2.47. The molecule has 0 radical (unpaired) electrons. The maximum atomic E-state index is 12.2. The molecule has 0 saturated carbocycles. The molecule has 5 rings (SSSR count). The van der Waals surface area contributed by atoms with Crippen LogP contribution in [0.5, 0.6) is 0 Å². The van der Waals surface area contributed by atoms with Crippen molar-refractivity contribution in [1.29, 1.82) is 0 Å². The number of piperidine rings is 1. The highest BCUT2D eigenvalue weighted by molar-refractivity contribution is 5.84. The highest BCUT2D eigenvalue weighted by Gasteiger charge is 2.39. The lowest BCUT2D eigenvalue weighted by atomic mass is 9.90. The Morgan fingerprint density at radius 2 is 2.03 bits per heavy atom. The van der Waals surface area contributed by atoms with E-state index in [-0.39, 0.29) is 23.8 Å². The van der Waals surface area contributed by atoms with Crippen LogP contribution in [0.15, 0.2) is 42.5 Å². The summed E-state index contributed by atoms with van der Waals surface area (Å²) in [6.45, 7) is 6.33. The van der Waals surface area contributed by atoms with E-state index in [4.69, 9.17) is 10.7 Å². The van der Waals surface area contributed by atoms with E-state index < -0.39 is 6.10 Å². The number of fused-ring (bicyclic) bond motifs is 2. The number of nitrogens with two attached hydrogens (primary N) is 1. The van der Waals surface area contributed by atoms with E-state index in [1.807, 2.05) is 25.1 Å². The smallest absolute Gasteiger partial charge is 0.225 e. The molecular formula is C25H30N4O2. The van der Waals surface area contributed by atoms with Crippen molar-refractivity contribution in [3.05, 3.63) is 65.0 Å². The molecule has 1 amide bonds. The molecule has 1 saturated heterocycles. The molecule has 1 fully saturated rings. The normalized spacial score (nSPS) is 26.3. The maximum Gasteiger partial charge on any atom is 0.225 e. The number of benzene rings is 2. The summed E-state index contributed by atoms with van der Waals surface area (Å²) in [5, 5.41) is 11.1. The standard InChI is InChI=1S/C25H30N4O2/c1-15-7-8-21-20(11-15)27-16(2)29(21)22-9-10-28(14-23(22)30)13-18-12-17-5-3-4-6-19(17)24(18)25(26)31/h3-8,11,18,22-24,30H,9-10,12-14H2,1-2H3,(H2,26,31)/t18?,22-,23-,24+/m1/s1. The minimum absolute atomic E-state index is 0.0108. The lowest BCUT2D eigenvalue weighted by Gasteiger charge is -2.38. The van der Waals surface area contributed by atoms with Gasteiger partial charge in [0.1, 0.15) is 5.82 Å². The number of aryl methyl sites for hydroxylation is 2. The number of aliphatic hydroxyl groups is 1. The zero-order chi connectivity index (χ0) is 21.7. The molecule has 162 valence electrons. The number of likely N-dealkylation sites (tertiary alicyclic amines) is 1. The van der Waals surface area contributed by atoms with Gasteiger partial charge < -0.3 is 20.3 Å². The summed E-state index contributed by atoms with van der Waals surface area (Å²) in [4.78, 5) is 19.2. The molecule has 3 N–H and O–H groups in total. The summed E-state index contributed by atoms with van der Waals surface area (Å²) in [6, 6.07) is 14.4. The molecule has 1 unspecified atom stereocenters. The Balaban J connectivity index is 1.32. The van der Waals surface area contributed by atoms with Gasteiger partial charge in [-0.2, -0.15) is 0 Å². The lowest BCUT2D eigenvalue weighted by molar-refractivity contribution is -0.120. The van der Waals surface area contributed by atoms with Crippen molar-refractivity contribution in [1.82, 2.24) is 14.5 Å². The fraction of sp³-hybridized carbons (Fsp3) is 0.440. The van der Waals surface area contributed by atoms with Gasteiger partial charge in [-0.3, -0.25) is 4.79 Å². The van der Waals surface area contributed by atoms with Crippen LogP contribution in [-0.4, -0.2) is 51.2 Å². The van der Waals surface area contributed by atoms with Gasteiger partial charge in [0.15, 0.2) is 0 Å². The number of rotatable bonds is 4. The number of imidazole rings is 1. The van der Waals surface area contributed by atoms with Crippen molar-refractivity contribution in [2.24, 2.45) is 11.7 Å². The second-order valence-electron chi connectivity index (χ2n) is 9.25. The van der Waals surface area contributed by atoms with Gasteiger partial charge in [0.25, 0.3) is 0 Å². The number of nitrogens with zero attached hydrogens (tertiary/aromatic N) is 3. The molecule has 2 aromatic carbocycles. The molecule has 6 heteroatoms. The summed E-state index contributed by atoms with van der Waals surface area (Å²) < 4.78 is 2.20. The van der Waals surface area contributed by atoms with Crippen molar-refractivity contribution in [2.75, 3.05) is 19.6 Å². The van der Waals surface area contributed by atoms with Crippen LogP contribution in [0.3, 0.4) is 0 Å². The molecule has 31 heavy (non-hydrogen) atoms. The fourth-order valence-corrected chi connectivity index (χ4v) is 5.76. The summed E-state index contributed by atoms with van der Waals surface area (Å²) in [7, 11) is 0. The predicted molar refractivity (Wildman–Crippen MR) is 121 cm³/mol. The van der Waals surface area contributed by atoms with Crippen LogP contribution in [0.4, 0.5) is 0 Å². The van der Waals surface area contributed by atoms with Gasteiger partial charge in [-0.05, 0) is 61.4 Å². The first-order valence-electron chi connectivity index (χ1n) is 11.1. The third kappa shape index (κ3) is 3.54. The third-order valence-electron chi connectivity index (χ3n) is 7.13. The van der Waals surface area contributed by atoms with E-state index >= 15 is 0 Å². The Labute approximate surface area is 182 Å². The van der Waals surface area contributed by atoms with Gasteiger partial charge in [-0.15, -0.1) is 0 Å². The topological polar surface area (TPSA) is 84.4 Å². The van der Waals surface area contributed by atoms with Crippen LogP contribution in [0, 0.1) is 19.8 Å². The van der Waals surface area contributed by atoms with Crippen LogP contribution in [0.25, 0.3) is 11.0 Å². The van der Waals surface area contributed by atoms with Crippen molar-refractivity contribution in [3.8, 4) is 0 Å². The first kappa shape index (κ1) is 20.2. The quantitative estimate of drug-likeness (QED) is 0.682. The van der Waals surface area contributed by atoms with E-state index in [0.717, 1.165) is 48.4 Å². The number of carbonyl (C=O) groups is 1. The van der Waals surface area contributed by atoms with Gasteiger partial charge in [0, 0.05) is 19.6 Å². The molecule has 3 aromatic rings. The van der Waals surface area contributed by atoms with E-state index in [2.05, 4.69) is 40.7 Å². The Hall–Kier alpha value is -2.70. The number of β-amino-alcohol motifs (C(OH)–C–C–N with tert-alkyl or cyclic N) is 1. The Bertz CT molecular complexity index is 1140. The van der Waals surface area contributed by atoms with Crippen molar-refractivity contribution in [3.63, 3.8) is 0 Å². The molecule has 2 heterocycles. The number of aromatic nitrogens is 2. The van der Waals surface area contributed by atoms with Crippen LogP contribution in [0.2, 0.25) is 0 Å². The van der Waals surface area contributed by atoms with Crippen molar-refractivity contribution in [2.45, 2.75) is 44.8 Å². The first-order chi connectivity index (χ1) is 14.9. The number of hydrogen-bond acceptors (Lipinski definition) is 4. The molecular weight excluding hydrogens is 388 g/mol. The van der Waals surface area contributed by atoms with Crippen LogP contribution in [0.1, 0.15) is 40.9 Å². The van der Waals surface area contributed by atoms with Gasteiger partial charge in [0.2, 0.25) is 5.91 Å². The SMILES string of the molecule is Cc1ccc2c(c1)nc(C)n2[C@@H]1CCN(CC2Cc3ccccc3[C@H]2C(N)=O)C[C@H]1O. The number of primary amides is 1. The Morgan fingerprint density at radius 1 is 1.23 bits per heavy atom. The number of hydrogen-bond donors (Lipinski definition) is 2. The highest BCUT2D eigenvalue weighted by Crippen LogP contribution is 2.39. The summed E-state index contributed by atoms with van der Waals surface area (Å²) in [5.74, 6) is 0.617. The minimum atomic E-state index is -0.484. The summed E-state index contributed by atoms with van der Waals surface area (Å²) in [6.07, 6.45) is 1.23. The van der Waals surface area contributed by atoms with Crippen LogP contribution >= 0.6 is 0 Å². The fourth-order valence-electron chi connectivity index (χ4n) is 5.76. The van der Waals surface area contributed by atoms with E-state index in [1.54, 1.807) is 0 Å². The number of aliphatic hydroxyl groups excluding tert-OH is 1. The molecule has 1 aromatic heterocycles. The minimum Gasteiger partial charge on any atom is -0.390 e. The monoisotopic (exact) mass is 418 g/mol. The average molecular weight is 419 g/mol. The van der Waals surface area contributed by atoms with Crippen molar-refractivity contribution >= 4 is 16.9 Å². The second-order valence-corrected chi connectivity index (χ2v) is 9.25. The molecule has 6 nitrogen and oxygen atoms in total. The summed E-state index contributed by atoms with van der Waals surface area (Å²) in [5.41, 5.74) is 11.3. The van der Waals surface area contributed by atoms with Crippen LogP contribution < -0.4 is 5.73 Å². The van der Waals surface area contributed by atoms with Crippen LogP contribution in [-0.2, 0) is 11.2 Å². The largest absolute Gasteiger partial charge is 0.390 e. The second kappa shape index (κ2) is 7.77. The molecule has 2 aliphatic rings. The molecule has 1 aliphatic carbocycles. The Kier molecular flexibility index (Phi) is 5.07. The van der Waals surface area contributed by atoms with Crippen molar-refractivity contribution < 1.29 is 9.90 Å². The first-order valence-corrected chi connectivity index (χ1v) is 11.1. The van der Waals surface area contributed by atoms with E-state index in [0.29, 0.717) is 6.54 Å². The maximum absolute atomic E-state index is 12.2. The molecule has 0 bridgehead atoms. The molecule has 1 aliphatic heterocycles. The van der Waals surface area contributed by atoms with E-state index in [9.17, 15) is 9.90 Å². The number of carbonyl (C=O) groups excluding carboxylic acids is 1. The third-order valence-corrected chi connectivity index (χ3v) is 7.13. The van der Waals surface area contributed by atoms with Gasteiger partial charge in [-0.1, -0.05) is 30.3 Å². The van der Waals surface area contributed by atoms with E-state index in [1.165, 1.54) is 11.1 Å². The van der Waals surface area contributed by atoms with Gasteiger partial charge in [0.05, 0.1) is 29.1 Å². The zero-order valence-electron chi connectivity index (χ0n) is 18.2. The summed E-state index contributed by atoms with van der Waals surface area (Å²) >= 11 is 0. The molecule has 0 spiro atoms. The average Bonchev–Trinajstić information content (AvgIpc) is 3.24. The van der Waals surface area contributed by atoms with Gasteiger partial charge >= 0.3 is 0 Å².